The summed E-state index contributed by atoms with van der Waals surface area (Å²) < 4.78 is 0. The minimum absolute atomic E-state index is 0.0377. The highest BCUT2D eigenvalue weighted by atomic mass is 16.1. The molecule has 0 radical (unpaired) electrons. The summed E-state index contributed by atoms with van der Waals surface area (Å²) in [6.07, 6.45) is 4.98. The van der Waals surface area contributed by atoms with Crippen LogP contribution in [0, 0.1) is 12.8 Å². The molecule has 1 aliphatic carbocycles. The van der Waals surface area contributed by atoms with Gasteiger partial charge in [0.2, 0.25) is 5.91 Å². The molecular formula is C16H25N3O. The molecule has 1 aromatic rings. The Morgan fingerprint density at radius 3 is 2.75 bits per heavy atom. The van der Waals surface area contributed by atoms with Crippen molar-refractivity contribution in [2.45, 2.75) is 45.6 Å². The van der Waals surface area contributed by atoms with Crippen molar-refractivity contribution in [2.24, 2.45) is 11.7 Å². The van der Waals surface area contributed by atoms with Crippen LogP contribution >= 0.6 is 0 Å². The van der Waals surface area contributed by atoms with Gasteiger partial charge in [0.25, 0.3) is 0 Å². The van der Waals surface area contributed by atoms with E-state index >= 15 is 0 Å². The van der Waals surface area contributed by atoms with Crippen LogP contribution in [-0.2, 0) is 4.79 Å². The van der Waals surface area contributed by atoms with Gasteiger partial charge in [-0.05, 0) is 56.0 Å². The summed E-state index contributed by atoms with van der Waals surface area (Å²) in [5, 5.41) is 6.45. The van der Waals surface area contributed by atoms with Gasteiger partial charge in [-0.2, -0.15) is 0 Å². The summed E-state index contributed by atoms with van der Waals surface area (Å²) in [5.74, 6) is 0.531. The molecule has 4 N–H and O–H groups in total. The summed E-state index contributed by atoms with van der Waals surface area (Å²) in [6, 6.07) is 6.55. The summed E-state index contributed by atoms with van der Waals surface area (Å²) in [4.78, 5) is 11.1. The van der Waals surface area contributed by atoms with E-state index in [2.05, 4.69) is 16.7 Å². The van der Waals surface area contributed by atoms with E-state index in [1.165, 1.54) is 32.6 Å². The van der Waals surface area contributed by atoms with E-state index in [0.717, 1.165) is 23.5 Å². The molecule has 4 nitrogen and oxygen atoms in total. The van der Waals surface area contributed by atoms with E-state index in [1.54, 1.807) is 0 Å². The van der Waals surface area contributed by atoms with E-state index in [-0.39, 0.29) is 5.91 Å². The van der Waals surface area contributed by atoms with E-state index in [0.29, 0.717) is 12.0 Å². The maximum absolute atomic E-state index is 11.1. The van der Waals surface area contributed by atoms with Crippen LogP contribution < -0.4 is 16.4 Å². The molecule has 0 aromatic heterocycles. The topological polar surface area (TPSA) is 67.2 Å². The number of benzene rings is 1. The van der Waals surface area contributed by atoms with Crippen LogP contribution in [0.3, 0.4) is 0 Å². The van der Waals surface area contributed by atoms with Gasteiger partial charge in [0.15, 0.2) is 0 Å². The van der Waals surface area contributed by atoms with Crippen LogP contribution in [0.4, 0.5) is 11.4 Å². The third kappa shape index (κ3) is 3.73. The average molecular weight is 275 g/mol. The minimum atomic E-state index is -0.0377. The van der Waals surface area contributed by atoms with Crippen LogP contribution in [-0.4, -0.2) is 18.5 Å². The quantitative estimate of drug-likeness (QED) is 0.791. The minimum Gasteiger partial charge on any atom is -0.382 e. The third-order valence-corrected chi connectivity index (χ3v) is 4.10. The number of rotatable bonds is 4. The highest BCUT2D eigenvalue weighted by Crippen LogP contribution is 2.28. The number of aryl methyl sites for hydroxylation is 1. The molecule has 1 aliphatic rings. The van der Waals surface area contributed by atoms with Gasteiger partial charge < -0.3 is 16.4 Å². The second-order valence-electron chi connectivity index (χ2n) is 5.74. The van der Waals surface area contributed by atoms with Crippen LogP contribution in [0.25, 0.3) is 0 Å². The fourth-order valence-corrected chi connectivity index (χ4v) is 2.98. The maximum atomic E-state index is 11.1. The molecule has 0 spiro atoms. The lowest BCUT2D eigenvalue weighted by atomic mass is 9.84. The fraction of sp³-hybridized carbons (Fsp3) is 0.562. The van der Waals surface area contributed by atoms with E-state index in [4.69, 9.17) is 5.73 Å². The van der Waals surface area contributed by atoms with Crippen molar-refractivity contribution in [3.05, 3.63) is 23.8 Å². The lowest BCUT2D eigenvalue weighted by Crippen LogP contribution is -2.36. The zero-order chi connectivity index (χ0) is 14.5. The van der Waals surface area contributed by atoms with Crippen molar-refractivity contribution >= 4 is 17.3 Å². The Kier molecular flexibility index (Phi) is 5.01. The van der Waals surface area contributed by atoms with Crippen LogP contribution in [0.2, 0.25) is 0 Å². The number of hydrogen-bond acceptors (Lipinski definition) is 3. The summed E-state index contributed by atoms with van der Waals surface area (Å²) in [7, 11) is 0. The van der Waals surface area contributed by atoms with Crippen LogP contribution in [0.15, 0.2) is 18.2 Å². The zero-order valence-electron chi connectivity index (χ0n) is 12.4. The Morgan fingerprint density at radius 1 is 1.35 bits per heavy atom. The van der Waals surface area contributed by atoms with Gasteiger partial charge in [0.1, 0.15) is 0 Å². The number of nitrogens with one attached hydrogen (secondary N) is 2. The molecule has 110 valence electrons. The van der Waals surface area contributed by atoms with Gasteiger partial charge in [-0.25, -0.2) is 0 Å². The van der Waals surface area contributed by atoms with Crippen LogP contribution in [0.1, 0.15) is 38.2 Å². The average Bonchev–Trinajstić information content (AvgIpc) is 2.42. The monoisotopic (exact) mass is 275 g/mol. The molecule has 2 unspecified atom stereocenters. The Labute approximate surface area is 121 Å². The van der Waals surface area contributed by atoms with Gasteiger partial charge in [-0.3, -0.25) is 4.79 Å². The Bertz CT molecular complexity index is 473. The molecule has 0 bridgehead atoms. The van der Waals surface area contributed by atoms with Gasteiger partial charge in [-0.1, -0.05) is 12.8 Å². The fourth-order valence-electron chi connectivity index (χ4n) is 2.98. The van der Waals surface area contributed by atoms with E-state index < -0.39 is 0 Å². The molecule has 2 atom stereocenters. The number of carbonyl (C=O) groups is 1. The molecule has 20 heavy (non-hydrogen) atoms. The van der Waals surface area contributed by atoms with Crippen LogP contribution in [0.5, 0.6) is 0 Å². The second-order valence-corrected chi connectivity index (χ2v) is 5.74. The Balaban J connectivity index is 2.05. The van der Waals surface area contributed by atoms with E-state index in [1.807, 2.05) is 19.1 Å². The van der Waals surface area contributed by atoms with Crippen molar-refractivity contribution < 1.29 is 4.79 Å². The first-order valence-corrected chi connectivity index (χ1v) is 7.45. The Hall–Kier alpha value is -1.55. The SMILES string of the molecule is CC(=O)Nc1ccc(NC2CCCCC2CN)cc1C. The molecule has 1 fully saturated rings. The predicted octanol–water partition coefficient (Wildman–Crippen LogP) is 2.88. The molecule has 0 saturated heterocycles. The van der Waals surface area contributed by atoms with Crippen molar-refractivity contribution in [3.8, 4) is 0 Å². The smallest absolute Gasteiger partial charge is 0.221 e. The number of amides is 1. The summed E-state index contributed by atoms with van der Waals surface area (Å²) in [6.45, 7) is 4.29. The molecule has 1 saturated carbocycles. The highest BCUT2D eigenvalue weighted by molar-refractivity contribution is 5.89. The van der Waals surface area contributed by atoms with Crippen molar-refractivity contribution in [2.75, 3.05) is 17.2 Å². The van der Waals surface area contributed by atoms with E-state index in [9.17, 15) is 4.79 Å². The molecule has 0 heterocycles. The van der Waals surface area contributed by atoms with Gasteiger partial charge >= 0.3 is 0 Å². The highest BCUT2D eigenvalue weighted by Gasteiger charge is 2.23. The number of anilines is 2. The lowest BCUT2D eigenvalue weighted by molar-refractivity contribution is -0.114. The summed E-state index contributed by atoms with van der Waals surface area (Å²) in [5.41, 5.74) is 8.93. The summed E-state index contributed by atoms with van der Waals surface area (Å²) >= 11 is 0. The zero-order valence-corrected chi connectivity index (χ0v) is 12.4. The predicted molar refractivity (Wildman–Crippen MR) is 83.9 cm³/mol. The number of hydrogen-bond donors (Lipinski definition) is 3. The first kappa shape index (κ1) is 14.9. The number of nitrogens with two attached hydrogens (primary N) is 1. The maximum Gasteiger partial charge on any atom is 0.221 e. The van der Waals surface area contributed by atoms with Gasteiger partial charge in [0, 0.05) is 24.3 Å². The molecule has 4 heteroatoms. The molecule has 1 aromatic carbocycles. The Morgan fingerprint density at radius 2 is 2.10 bits per heavy atom. The first-order valence-electron chi connectivity index (χ1n) is 7.45. The molecule has 1 amide bonds. The largest absolute Gasteiger partial charge is 0.382 e. The van der Waals surface area contributed by atoms with Crippen molar-refractivity contribution in [1.82, 2.24) is 0 Å². The van der Waals surface area contributed by atoms with Gasteiger partial charge in [0.05, 0.1) is 0 Å². The standard InChI is InChI=1S/C16H25N3O/c1-11-9-14(7-8-15(11)18-12(2)20)19-16-6-4-3-5-13(16)10-17/h7-9,13,16,19H,3-6,10,17H2,1-2H3,(H,18,20). The number of carbonyl (C=O) groups excluding carboxylic acids is 1. The molecule has 0 aliphatic heterocycles. The second kappa shape index (κ2) is 6.75. The molecule has 2 rings (SSSR count). The lowest BCUT2D eigenvalue weighted by Gasteiger charge is -2.32. The normalized spacial score (nSPS) is 22.4. The molecular weight excluding hydrogens is 250 g/mol. The van der Waals surface area contributed by atoms with Crippen molar-refractivity contribution in [3.63, 3.8) is 0 Å². The first-order chi connectivity index (χ1) is 9.60. The third-order valence-electron chi connectivity index (χ3n) is 4.10. The van der Waals surface area contributed by atoms with Gasteiger partial charge in [-0.15, -0.1) is 0 Å². The van der Waals surface area contributed by atoms with Crippen molar-refractivity contribution in [1.29, 1.82) is 0 Å².